The Balaban J connectivity index is 2.21. The number of benzene rings is 1. The second-order valence-corrected chi connectivity index (χ2v) is 4.35. The van der Waals surface area contributed by atoms with Crippen LogP contribution in [0.5, 0.6) is 5.75 Å². The zero-order valence-corrected chi connectivity index (χ0v) is 10.1. The van der Waals surface area contributed by atoms with Crippen LogP contribution >= 0.6 is 0 Å². The van der Waals surface area contributed by atoms with Crippen LogP contribution in [0.1, 0.15) is 17.5 Å². The van der Waals surface area contributed by atoms with E-state index in [-0.39, 0.29) is 18.1 Å². The minimum atomic E-state index is -0.414. The first-order valence-electron chi connectivity index (χ1n) is 5.75. The standard InChI is InChI=1S/C13H15NO4/c1-18-12(16)6-9-4-8-2-3-11(15)5-10(8)7-14-13(9)17/h2-3,5,9,15H,4,6-7H2,1H3,(H,14,17)/t9-/m0/s1. The summed E-state index contributed by atoms with van der Waals surface area (Å²) in [5.74, 6) is -0.786. The van der Waals surface area contributed by atoms with Gasteiger partial charge in [-0.1, -0.05) is 6.07 Å². The second kappa shape index (κ2) is 5.08. The third-order valence-corrected chi connectivity index (χ3v) is 3.12. The molecule has 2 rings (SSSR count). The molecule has 0 unspecified atom stereocenters. The monoisotopic (exact) mass is 249 g/mol. The lowest BCUT2D eigenvalue weighted by Crippen LogP contribution is -2.30. The number of phenols is 1. The van der Waals surface area contributed by atoms with E-state index >= 15 is 0 Å². The van der Waals surface area contributed by atoms with Crippen molar-refractivity contribution >= 4 is 11.9 Å². The summed E-state index contributed by atoms with van der Waals surface area (Å²) in [4.78, 5) is 23.1. The fraction of sp³-hybridized carbons (Fsp3) is 0.385. The number of hydrogen-bond donors (Lipinski definition) is 2. The maximum absolute atomic E-state index is 11.8. The smallest absolute Gasteiger partial charge is 0.306 e. The van der Waals surface area contributed by atoms with Gasteiger partial charge in [0.2, 0.25) is 5.91 Å². The molecule has 0 spiro atoms. The van der Waals surface area contributed by atoms with E-state index in [1.807, 2.05) is 0 Å². The highest BCUT2D eigenvalue weighted by molar-refractivity contribution is 5.84. The number of hydrogen-bond acceptors (Lipinski definition) is 4. The SMILES string of the molecule is COC(=O)C[C@@H]1Cc2ccc(O)cc2CNC1=O. The van der Waals surface area contributed by atoms with Gasteiger partial charge in [-0.15, -0.1) is 0 Å². The highest BCUT2D eigenvalue weighted by Gasteiger charge is 2.26. The molecule has 1 amide bonds. The molecule has 18 heavy (non-hydrogen) atoms. The lowest BCUT2D eigenvalue weighted by molar-refractivity contribution is -0.144. The average Bonchev–Trinajstić information content (AvgIpc) is 2.50. The summed E-state index contributed by atoms with van der Waals surface area (Å²) in [6.45, 7) is 0.375. The first kappa shape index (κ1) is 12.4. The molecule has 96 valence electrons. The summed E-state index contributed by atoms with van der Waals surface area (Å²) >= 11 is 0. The number of nitrogens with one attached hydrogen (secondary N) is 1. The van der Waals surface area contributed by atoms with Gasteiger partial charge < -0.3 is 15.2 Å². The van der Waals surface area contributed by atoms with Crippen molar-refractivity contribution in [2.24, 2.45) is 5.92 Å². The van der Waals surface area contributed by atoms with Gasteiger partial charge in [0.15, 0.2) is 0 Å². The minimum Gasteiger partial charge on any atom is -0.508 e. The number of ether oxygens (including phenoxy) is 1. The maximum atomic E-state index is 11.8. The molecule has 2 N–H and O–H groups in total. The van der Waals surface area contributed by atoms with Crippen molar-refractivity contribution in [3.63, 3.8) is 0 Å². The number of rotatable bonds is 2. The fourth-order valence-electron chi connectivity index (χ4n) is 2.11. The summed E-state index contributed by atoms with van der Waals surface area (Å²) in [5.41, 5.74) is 1.86. The molecular formula is C13H15NO4. The number of esters is 1. The normalized spacial score (nSPS) is 18.5. The summed E-state index contributed by atoms with van der Waals surface area (Å²) < 4.78 is 4.59. The minimum absolute atomic E-state index is 0.0721. The van der Waals surface area contributed by atoms with Gasteiger partial charge in [0.1, 0.15) is 5.75 Å². The van der Waals surface area contributed by atoms with Gasteiger partial charge in [0, 0.05) is 6.54 Å². The van der Waals surface area contributed by atoms with Crippen LogP contribution in [-0.4, -0.2) is 24.1 Å². The molecule has 1 atom stereocenters. The number of carbonyl (C=O) groups excluding carboxylic acids is 2. The van der Waals surface area contributed by atoms with Crippen LogP contribution in [0.4, 0.5) is 0 Å². The summed E-state index contributed by atoms with van der Waals surface area (Å²) in [6, 6.07) is 5.01. The van der Waals surface area contributed by atoms with E-state index in [9.17, 15) is 14.7 Å². The van der Waals surface area contributed by atoms with Gasteiger partial charge in [0.25, 0.3) is 0 Å². The predicted molar refractivity (Wildman–Crippen MR) is 63.8 cm³/mol. The number of aromatic hydroxyl groups is 1. The van der Waals surface area contributed by atoms with Crippen LogP contribution < -0.4 is 5.32 Å². The molecular weight excluding hydrogens is 234 g/mol. The van der Waals surface area contributed by atoms with Crippen molar-refractivity contribution in [3.8, 4) is 5.75 Å². The average molecular weight is 249 g/mol. The molecule has 0 saturated carbocycles. The van der Waals surface area contributed by atoms with E-state index in [0.717, 1.165) is 11.1 Å². The Hall–Kier alpha value is -2.04. The molecule has 0 bridgehead atoms. The molecule has 1 aromatic rings. The molecule has 0 aliphatic carbocycles. The van der Waals surface area contributed by atoms with Crippen molar-refractivity contribution < 1.29 is 19.4 Å². The number of methoxy groups -OCH3 is 1. The molecule has 0 fully saturated rings. The van der Waals surface area contributed by atoms with Crippen LogP contribution in [0.2, 0.25) is 0 Å². The Morgan fingerprint density at radius 3 is 3.00 bits per heavy atom. The van der Waals surface area contributed by atoms with Crippen LogP contribution in [-0.2, 0) is 27.3 Å². The lowest BCUT2D eigenvalue weighted by Gasteiger charge is -2.11. The second-order valence-electron chi connectivity index (χ2n) is 4.35. The van der Waals surface area contributed by atoms with Gasteiger partial charge in [-0.2, -0.15) is 0 Å². The van der Waals surface area contributed by atoms with Crippen LogP contribution in [0, 0.1) is 5.92 Å². The third-order valence-electron chi connectivity index (χ3n) is 3.12. The first-order valence-corrected chi connectivity index (χ1v) is 5.75. The van der Waals surface area contributed by atoms with Gasteiger partial charge in [-0.3, -0.25) is 9.59 Å². The molecule has 5 heteroatoms. The Morgan fingerprint density at radius 2 is 2.28 bits per heavy atom. The van der Waals surface area contributed by atoms with Crippen molar-refractivity contribution in [3.05, 3.63) is 29.3 Å². The van der Waals surface area contributed by atoms with E-state index in [4.69, 9.17) is 0 Å². The van der Waals surface area contributed by atoms with Gasteiger partial charge in [0.05, 0.1) is 19.4 Å². The third kappa shape index (κ3) is 2.61. The molecule has 1 aliphatic heterocycles. The molecule has 1 aromatic carbocycles. The number of carbonyl (C=O) groups is 2. The van der Waals surface area contributed by atoms with Crippen LogP contribution in [0.3, 0.4) is 0 Å². The molecule has 1 heterocycles. The predicted octanol–water partition coefficient (Wildman–Crippen LogP) is 0.744. The summed E-state index contributed by atoms with van der Waals surface area (Å²) in [6.07, 6.45) is 0.555. The van der Waals surface area contributed by atoms with Gasteiger partial charge in [-0.05, 0) is 29.7 Å². The quantitative estimate of drug-likeness (QED) is 0.758. The Kier molecular flexibility index (Phi) is 3.50. The maximum Gasteiger partial charge on any atom is 0.306 e. The van der Waals surface area contributed by atoms with Crippen molar-refractivity contribution in [2.45, 2.75) is 19.4 Å². The highest BCUT2D eigenvalue weighted by Crippen LogP contribution is 2.24. The van der Waals surface area contributed by atoms with Crippen molar-refractivity contribution in [2.75, 3.05) is 7.11 Å². The van der Waals surface area contributed by atoms with Crippen LogP contribution in [0.25, 0.3) is 0 Å². The van der Waals surface area contributed by atoms with E-state index in [1.165, 1.54) is 7.11 Å². The lowest BCUT2D eigenvalue weighted by atomic mass is 9.94. The van der Waals surface area contributed by atoms with Crippen molar-refractivity contribution in [1.82, 2.24) is 5.32 Å². The topological polar surface area (TPSA) is 75.6 Å². The van der Waals surface area contributed by atoms with Crippen molar-refractivity contribution in [1.29, 1.82) is 0 Å². The zero-order valence-electron chi connectivity index (χ0n) is 10.1. The van der Waals surface area contributed by atoms with E-state index in [2.05, 4.69) is 10.1 Å². The molecule has 5 nitrogen and oxygen atoms in total. The Labute approximate surface area is 105 Å². The summed E-state index contributed by atoms with van der Waals surface area (Å²) in [5, 5.41) is 12.2. The first-order chi connectivity index (χ1) is 8.60. The molecule has 0 radical (unpaired) electrons. The van der Waals surface area contributed by atoms with E-state index in [1.54, 1.807) is 18.2 Å². The highest BCUT2D eigenvalue weighted by atomic mass is 16.5. The van der Waals surface area contributed by atoms with Crippen LogP contribution in [0.15, 0.2) is 18.2 Å². The number of amides is 1. The van der Waals surface area contributed by atoms with Gasteiger partial charge >= 0.3 is 5.97 Å². The molecule has 1 aliphatic rings. The van der Waals surface area contributed by atoms with E-state index in [0.29, 0.717) is 13.0 Å². The van der Waals surface area contributed by atoms with Gasteiger partial charge in [-0.25, -0.2) is 0 Å². The number of phenolic OH excluding ortho intramolecular Hbond substituents is 1. The Bertz CT molecular complexity index is 484. The zero-order chi connectivity index (χ0) is 13.1. The van der Waals surface area contributed by atoms with E-state index < -0.39 is 11.9 Å². The largest absolute Gasteiger partial charge is 0.508 e. The fourth-order valence-corrected chi connectivity index (χ4v) is 2.11. The summed E-state index contributed by atoms with van der Waals surface area (Å²) in [7, 11) is 1.31. The molecule has 0 saturated heterocycles. The molecule has 0 aromatic heterocycles. The number of fused-ring (bicyclic) bond motifs is 1. The Morgan fingerprint density at radius 1 is 1.50 bits per heavy atom.